The van der Waals surface area contributed by atoms with E-state index in [9.17, 15) is 4.79 Å². The molecule has 2 heterocycles. The van der Waals surface area contributed by atoms with E-state index in [4.69, 9.17) is 9.40 Å². The van der Waals surface area contributed by atoms with Gasteiger partial charge in [0.05, 0.1) is 31.7 Å². The quantitative estimate of drug-likeness (QED) is 0.521. The van der Waals surface area contributed by atoms with Crippen LogP contribution >= 0.6 is 0 Å². The molecule has 0 fully saturated rings. The highest BCUT2D eigenvalue weighted by Crippen LogP contribution is 2.26. The van der Waals surface area contributed by atoms with E-state index in [0.29, 0.717) is 23.6 Å². The minimum atomic E-state index is -0.111. The van der Waals surface area contributed by atoms with Crippen molar-refractivity contribution in [2.75, 3.05) is 20.6 Å². The number of para-hydroxylation sites is 1. The van der Waals surface area contributed by atoms with E-state index >= 15 is 0 Å². The molecule has 0 unspecified atom stereocenters. The molecule has 0 bridgehead atoms. The summed E-state index contributed by atoms with van der Waals surface area (Å²) in [5, 5.41) is 3.97. The molecule has 0 aliphatic heterocycles. The summed E-state index contributed by atoms with van der Waals surface area (Å²) in [5.41, 5.74) is 3.23. The van der Waals surface area contributed by atoms with Gasteiger partial charge < -0.3 is 14.6 Å². The molecule has 1 amide bonds. The Morgan fingerprint density at radius 1 is 1.03 bits per heavy atom. The zero-order valence-electron chi connectivity index (χ0n) is 17.5. The summed E-state index contributed by atoms with van der Waals surface area (Å²) < 4.78 is 5.74. The van der Waals surface area contributed by atoms with Gasteiger partial charge in [-0.25, -0.2) is 4.98 Å². The highest BCUT2D eigenvalue weighted by atomic mass is 16.3. The van der Waals surface area contributed by atoms with Crippen molar-refractivity contribution in [3.63, 3.8) is 0 Å². The monoisotopic (exact) mass is 400 g/mol. The lowest BCUT2D eigenvalue weighted by Gasteiger charge is -2.22. The SMILES string of the molecule is Cc1ccc(-c2cc(C(=O)NC[C@@H](c3ccccc3)[NH+](C)C)c3ccccc3n2)o1. The zero-order valence-corrected chi connectivity index (χ0v) is 17.5. The van der Waals surface area contributed by atoms with Gasteiger partial charge in [0.15, 0.2) is 5.76 Å². The number of benzene rings is 2. The van der Waals surface area contributed by atoms with Crippen LogP contribution in [-0.2, 0) is 0 Å². The number of carbonyl (C=O) groups is 1. The first kappa shape index (κ1) is 19.9. The number of rotatable bonds is 6. The molecule has 0 radical (unpaired) electrons. The lowest BCUT2D eigenvalue weighted by Crippen LogP contribution is -3.07. The maximum absolute atomic E-state index is 13.2. The molecule has 2 aromatic heterocycles. The summed E-state index contributed by atoms with van der Waals surface area (Å²) in [6.45, 7) is 2.43. The molecule has 0 saturated carbocycles. The average molecular weight is 401 g/mol. The van der Waals surface area contributed by atoms with Crippen molar-refractivity contribution < 1.29 is 14.1 Å². The van der Waals surface area contributed by atoms with Gasteiger partial charge in [0.25, 0.3) is 5.91 Å². The fourth-order valence-corrected chi connectivity index (χ4v) is 3.69. The van der Waals surface area contributed by atoms with Crippen LogP contribution in [0, 0.1) is 6.92 Å². The molecular weight excluding hydrogens is 374 g/mol. The third-order valence-corrected chi connectivity index (χ3v) is 5.32. The largest absolute Gasteiger partial charge is 0.460 e. The Kier molecular flexibility index (Phi) is 5.63. The van der Waals surface area contributed by atoms with Gasteiger partial charge in [-0.15, -0.1) is 0 Å². The van der Waals surface area contributed by atoms with Gasteiger partial charge in [-0.1, -0.05) is 48.5 Å². The Hall–Kier alpha value is -3.44. The van der Waals surface area contributed by atoms with Gasteiger partial charge >= 0.3 is 0 Å². The van der Waals surface area contributed by atoms with Crippen LogP contribution in [-0.4, -0.2) is 31.5 Å². The fraction of sp³-hybridized carbons (Fsp3) is 0.200. The molecule has 0 aliphatic rings. The first-order valence-electron chi connectivity index (χ1n) is 10.1. The zero-order chi connectivity index (χ0) is 21.1. The summed E-state index contributed by atoms with van der Waals surface area (Å²) in [5.74, 6) is 1.36. The van der Waals surface area contributed by atoms with Gasteiger partial charge in [0.1, 0.15) is 17.5 Å². The summed E-state index contributed by atoms with van der Waals surface area (Å²) in [4.78, 5) is 19.2. The highest BCUT2D eigenvalue weighted by molar-refractivity contribution is 6.07. The average Bonchev–Trinajstić information content (AvgIpc) is 3.20. The van der Waals surface area contributed by atoms with E-state index < -0.39 is 0 Å². The number of hydrogen-bond donors (Lipinski definition) is 2. The minimum absolute atomic E-state index is 0.111. The van der Waals surface area contributed by atoms with Crippen LogP contribution in [0.1, 0.15) is 27.7 Å². The lowest BCUT2D eigenvalue weighted by atomic mass is 10.0. The van der Waals surface area contributed by atoms with E-state index in [1.807, 2.05) is 67.6 Å². The van der Waals surface area contributed by atoms with Gasteiger partial charge in [-0.2, -0.15) is 0 Å². The first-order valence-corrected chi connectivity index (χ1v) is 10.1. The number of furan rings is 1. The lowest BCUT2D eigenvalue weighted by molar-refractivity contribution is -0.890. The number of pyridine rings is 1. The number of quaternary nitrogens is 1. The number of nitrogens with one attached hydrogen (secondary N) is 2. The van der Waals surface area contributed by atoms with Crippen molar-refractivity contribution >= 4 is 16.8 Å². The van der Waals surface area contributed by atoms with Crippen molar-refractivity contribution in [2.45, 2.75) is 13.0 Å². The number of carbonyl (C=O) groups excluding carboxylic acids is 1. The van der Waals surface area contributed by atoms with Gasteiger partial charge in [-0.05, 0) is 31.2 Å². The third-order valence-electron chi connectivity index (χ3n) is 5.32. The van der Waals surface area contributed by atoms with Crippen LogP contribution in [0.4, 0.5) is 0 Å². The van der Waals surface area contributed by atoms with Crippen LogP contribution in [0.2, 0.25) is 0 Å². The standard InChI is InChI=1S/C25H25N3O2/c1-17-13-14-24(30-17)22-15-20(19-11-7-8-12-21(19)27-22)25(29)26-16-23(28(2)3)18-9-5-4-6-10-18/h4-15,23H,16H2,1-3H3,(H,26,29)/p+1/t23-/m0/s1. The Labute approximate surface area is 176 Å². The molecule has 0 spiro atoms. The van der Waals surface area contributed by atoms with Crippen molar-refractivity contribution in [1.82, 2.24) is 10.3 Å². The molecule has 152 valence electrons. The summed E-state index contributed by atoms with van der Waals surface area (Å²) in [6.07, 6.45) is 0. The molecule has 4 aromatic rings. The van der Waals surface area contributed by atoms with Gasteiger partial charge in [-0.3, -0.25) is 4.79 Å². The van der Waals surface area contributed by atoms with E-state index in [1.54, 1.807) is 0 Å². The molecule has 5 nitrogen and oxygen atoms in total. The molecule has 5 heteroatoms. The van der Waals surface area contributed by atoms with Crippen LogP contribution in [0.5, 0.6) is 0 Å². The van der Waals surface area contributed by atoms with Crippen LogP contribution in [0.25, 0.3) is 22.4 Å². The number of aryl methyl sites for hydroxylation is 1. The predicted molar refractivity (Wildman–Crippen MR) is 119 cm³/mol. The van der Waals surface area contributed by atoms with Crippen LogP contribution < -0.4 is 10.2 Å². The second-order valence-electron chi connectivity index (χ2n) is 7.73. The van der Waals surface area contributed by atoms with Gasteiger partial charge in [0.2, 0.25) is 0 Å². The van der Waals surface area contributed by atoms with E-state index in [-0.39, 0.29) is 11.9 Å². The Balaban J connectivity index is 1.65. The number of fused-ring (bicyclic) bond motifs is 1. The maximum Gasteiger partial charge on any atom is 0.252 e. The number of likely N-dealkylation sites (N-methyl/N-ethyl adjacent to an activating group) is 1. The molecule has 30 heavy (non-hydrogen) atoms. The Morgan fingerprint density at radius 2 is 1.77 bits per heavy atom. The molecule has 2 N–H and O–H groups in total. The number of aromatic nitrogens is 1. The summed E-state index contributed by atoms with van der Waals surface area (Å²) in [7, 11) is 4.20. The maximum atomic E-state index is 13.2. The van der Waals surface area contributed by atoms with Crippen LogP contribution in [0.3, 0.4) is 0 Å². The second-order valence-corrected chi connectivity index (χ2v) is 7.73. The van der Waals surface area contributed by atoms with Crippen molar-refractivity contribution in [3.05, 3.63) is 89.7 Å². The van der Waals surface area contributed by atoms with Crippen molar-refractivity contribution in [2.24, 2.45) is 0 Å². The smallest absolute Gasteiger partial charge is 0.252 e. The minimum Gasteiger partial charge on any atom is -0.460 e. The molecule has 1 atom stereocenters. The number of hydrogen-bond acceptors (Lipinski definition) is 3. The molecule has 0 saturated heterocycles. The Bertz CT molecular complexity index is 1170. The highest BCUT2D eigenvalue weighted by Gasteiger charge is 2.20. The third kappa shape index (κ3) is 4.11. The number of amides is 1. The Morgan fingerprint density at radius 3 is 2.47 bits per heavy atom. The molecule has 0 aliphatic carbocycles. The van der Waals surface area contributed by atoms with E-state index in [1.165, 1.54) is 10.5 Å². The van der Waals surface area contributed by atoms with E-state index in [2.05, 4.69) is 31.5 Å². The fourth-order valence-electron chi connectivity index (χ4n) is 3.69. The predicted octanol–water partition coefficient (Wildman–Crippen LogP) is 3.42. The van der Waals surface area contributed by atoms with E-state index in [0.717, 1.165) is 16.7 Å². The van der Waals surface area contributed by atoms with Crippen LogP contribution in [0.15, 0.2) is 77.2 Å². The van der Waals surface area contributed by atoms with Crippen molar-refractivity contribution in [1.29, 1.82) is 0 Å². The molecule has 2 aromatic carbocycles. The molecular formula is C25H26N3O2+. The topological polar surface area (TPSA) is 59.6 Å². The molecule has 4 rings (SSSR count). The van der Waals surface area contributed by atoms with Gasteiger partial charge in [0, 0.05) is 10.9 Å². The first-order chi connectivity index (χ1) is 14.5. The normalized spacial score (nSPS) is 12.3. The second kappa shape index (κ2) is 8.51. The number of nitrogens with zero attached hydrogens (tertiary/aromatic N) is 1. The summed E-state index contributed by atoms with van der Waals surface area (Å²) >= 11 is 0. The van der Waals surface area contributed by atoms with Crippen molar-refractivity contribution in [3.8, 4) is 11.5 Å². The summed E-state index contributed by atoms with van der Waals surface area (Å²) in [6, 6.07) is 23.7.